The highest BCUT2D eigenvalue weighted by atomic mass is 16.4. The van der Waals surface area contributed by atoms with Gasteiger partial charge in [-0.25, -0.2) is 4.79 Å². The normalized spacial score (nSPS) is 13.6. The lowest BCUT2D eigenvalue weighted by Gasteiger charge is -2.25. The molecule has 2 atom stereocenters. The van der Waals surface area contributed by atoms with Crippen molar-refractivity contribution >= 4 is 17.7 Å². The van der Waals surface area contributed by atoms with Gasteiger partial charge in [-0.1, -0.05) is 69.7 Å². The van der Waals surface area contributed by atoms with Crippen LogP contribution >= 0.6 is 0 Å². The van der Waals surface area contributed by atoms with E-state index in [0.717, 1.165) is 44.1 Å². The molecule has 1 amide bonds. The van der Waals surface area contributed by atoms with E-state index < -0.39 is 23.4 Å². The Balaban J connectivity index is 2.39. The van der Waals surface area contributed by atoms with E-state index in [0.29, 0.717) is 37.0 Å². The number of nitrogens with one attached hydrogen (secondary N) is 1. The van der Waals surface area contributed by atoms with E-state index in [2.05, 4.69) is 12.2 Å². The number of carbonyl (C=O) groups excluding carboxylic acids is 2. The van der Waals surface area contributed by atoms with Crippen molar-refractivity contribution in [2.24, 2.45) is 5.92 Å². The number of nitriles is 1. The molecule has 0 aromatic heterocycles. The molecule has 0 saturated carbocycles. The largest absolute Gasteiger partial charge is 0.479 e. The van der Waals surface area contributed by atoms with Gasteiger partial charge in [-0.15, -0.1) is 0 Å². The number of ketones is 1. The zero-order chi connectivity index (χ0) is 27.5. The highest BCUT2D eigenvalue weighted by Crippen LogP contribution is 2.20. The number of amides is 1. The summed E-state index contributed by atoms with van der Waals surface area (Å²) in [5.41, 5.74) is -1.38. The van der Waals surface area contributed by atoms with Crippen molar-refractivity contribution in [3.63, 3.8) is 0 Å². The van der Waals surface area contributed by atoms with E-state index in [-0.39, 0.29) is 0 Å². The Morgan fingerprint density at radius 3 is 2.19 bits per heavy atom. The summed E-state index contributed by atoms with van der Waals surface area (Å²) in [6.07, 6.45) is 14.5. The fraction of sp³-hybridized carbons (Fsp3) is 0.533. The molecule has 0 bridgehead atoms. The summed E-state index contributed by atoms with van der Waals surface area (Å²) in [4.78, 5) is 36.0. The third-order valence-electron chi connectivity index (χ3n) is 6.23. The number of carboxylic acids is 1. The molecule has 3 radical (unpaired) electrons. The second kappa shape index (κ2) is 18.3. The molecule has 3 N–H and O–H groups in total. The van der Waals surface area contributed by atoms with Gasteiger partial charge in [-0.2, -0.15) is 5.26 Å². The second-order valence-electron chi connectivity index (χ2n) is 9.42. The van der Waals surface area contributed by atoms with Crippen LogP contribution in [0.5, 0.6) is 0 Å². The van der Waals surface area contributed by atoms with Crippen LogP contribution in [0.2, 0.25) is 0 Å². The Morgan fingerprint density at radius 2 is 1.62 bits per heavy atom. The summed E-state index contributed by atoms with van der Waals surface area (Å²) < 4.78 is 0. The van der Waals surface area contributed by atoms with Crippen molar-refractivity contribution in [1.29, 1.82) is 5.26 Å². The molecule has 0 unspecified atom stereocenters. The SMILES string of the molecule is [CH][C@@](O)(C(=O)O)[C@H](/C=C/CCCCCCC(=O)CCCCCCC)C(=O)N[CH]Cc1ccc(C#N)cc1. The molecular formula is C30H41N2O5. The maximum atomic E-state index is 12.6. The predicted molar refractivity (Wildman–Crippen MR) is 143 cm³/mol. The van der Waals surface area contributed by atoms with Gasteiger partial charge in [0.2, 0.25) is 5.91 Å². The minimum Gasteiger partial charge on any atom is -0.479 e. The number of unbranched alkanes of at least 4 members (excludes halogenated alkanes) is 8. The van der Waals surface area contributed by atoms with Gasteiger partial charge in [0, 0.05) is 19.8 Å². The molecule has 0 spiro atoms. The number of hydrogen-bond donors (Lipinski definition) is 3. The van der Waals surface area contributed by atoms with Gasteiger partial charge in [-0.05, 0) is 49.8 Å². The summed E-state index contributed by atoms with van der Waals surface area (Å²) in [6.45, 7) is 9.18. The van der Waals surface area contributed by atoms with Gasteiger partial charge in [0.15, 0.2) is 5.60 Å². The fourth-order valence-electron chi connectivity index (χ4n) is 3.86. The molecule has 37 heavy (non-hydrogen) atoms. The average Bonchev–Trinajstić information content (AvgIpc) is 2.87. The van der Waals surface area contributed by atoms with Gasteiger partial charge >= 0.3 is 5.97 Å². The first kappa shape index (κ1) is 32.0. The molecule has 0 aliphatic heterocycles. The van der Waals surface area contributed by atoms with Crippen molar-refractivity contribution in [3.05, 3.63) is 61.0 Å². The van der Waals surface area contributed by atoms with Crippen LogP contribution < -0.4 is 5.32 Å². The van der Waals surface area contributed by atoms with E-state index in [1.165, 1.54) is 31.9 Å². The first-order chi connectivity index (χ1) is 17.7. The van der Waals surface area contributed by atoms with Crippen LogP contribution in [-0.4, -0.2) is 33.5 Å². The van der Waals surface area contributed by atoms with Gasteiger partial charge in [0.05, 0.1) is 24.1 Å². The molecule has 7 heteroatoms. The topological polar surface area (TPSA) is 127 Å². The molecule has 1 aromatic rings. The summed E-state index contributed by atoms with van der Waals surface area (Å²) in [5.74, 6) is -3.57. The number of rotatable bonds is 20. The van der Waals surface area contributed by atoms with Gasteiger partial charge in [0.25, 0.3) is 0 Å². The first-order valence-electron chi connectivity index (χ1n) is 13.3. The van der Waals surface area contributed by atoms with Crippen LogP contribution in [-0.2, 0) is 20.8 Å². The van der Waals surface area contributed by atoms with E-state index in [9.17, 15) is 24.6 Å². The third-order valence-corrected chi connectivity index (χ3v) is 6.23. The number of nitrogens with zero attached hydrogens (tertiary/aromatic N) is 1. The van der Waals surface area contributed by atoms with E-state index in [1.54, 1.807) is 30.3 Å². The molecule has 0 aliphatic rings. The first-order valence-corrected chi connectivity index (χ1v) is 13.3. The average molecular weight is 510 g/mol. The van der Waals surface area contributed by atoms with Crippen molar-refractivity contribution < 1.29 is 24.6 Å². The minimum atomic E-state index is -2.75. The quantitative estimate of drug-likeness (QED) is 0.161. The van der Waals surface area contributed by atoms with E-state index in [1.807, 2.05) is 6.07 Å². The number of allylic oxidation sites excluding steroid dienone is 1. The molecule has 0 aliphatic carbocycles. The smallest absolute Gasteiger partial charge is 0.337 e. The maximum absolute atomic E-state index is 12.6. The molecule has 1 rings (SSSR count). The van der Waals surface area contributed by atoms with Crippen molar-refractivity contribution in [2.75, 3.05) is 0 Å². The number of benzene rings is 1. The standard InChI is InChI=1S/C30H41N2O5/c1-3-4-5-8-11-14-26(33)15-12-9-6-7-10-13-16-27(30(2,37)29(35)36)28(34)32-22-21-24-17-19-25(23-31)20-18-24/h2,13,16-20,22,27,37H,3-12,14-15,21H2,1H3,(H,32,34)(H,35,36)/b16-13+/t27-,30+/m1/s1. The van der Waals surface area contributed by atoms with Crippen molar-refractivity contribution in [2.45, 2.75) is 96.0 Å². The van der Waals surface area contributed by atoms with Crippen LogP contribution in [0.15, 0.2) is 36.4 Å². The number of Topliss-reactive ketones (excluding diaryl/α,β-unsaturated/α-hetero) is 1. The van der Waals surface area contributed by atoms with Gasteiger partial charge in [0.1, 0.15) is 5.78 Å². The van der Waals surface area contributed by atoms with Crippen LogP contribution in [0.3, 0.4) is 0 Å². The molecule has 0 heterocycles. The highest BCUT2D eigenvalue weighted by Gasteiger charge is 2.42. The number of aliphatic carboxylic acids is 1. The van der Waals surface area contributed by atoms with Crippen LogP contribution in [0.25, 0.3) is 0 Å². The summed E-state index contributed by atoms with van der Waals surface area (Å²) >= 11 is 0. The van der Waals surface area contributed by atoms with Gasteiger partial charge < -0.3 is 15.5 Å². The van der Waals surface area contributed by atoms with E-state index >= 15 is 0 Å². The Hall–Kier alpha value is -2.98. The van der Waals surface area contributed by atoms with Crippen LogP contribution in [0.1, 0.15) is 95.1 Å². The molecule has 1 aromatic carbocycles. The Labute approximate surface area is 222 Å². The minimum absolute atomic E-state index is 0.331. The number of aliphatic hydroxyl groups is 1. The predicted octanol–water partition coefficient (Wildman–Crippen LogP) is 5.35. The molecule has 0 saturated heterocycles. The molecule has 7 nitrogen and oxygen atoms in total. The number of hydrogen-bond acceptors (Lipinski definition) is 5. The Morgan fingerprint density at radius 1 is 1.03 bits per heavy atom. The second-order valence-corrected chi connectivity index (χ2v) is 9.42. The number of carbonyl (C=O) groups is 3. The van der Waals surface area contributed by atoms with Crippen molar-refractivity contribution in [1.82, 2.24) is 5.32 Å². The zero-order valence-electron chi connectivity index (χ0n) is 22.0. The third kappa shape index (κ3) is 13.2. The summed E-state index contributed by atoms with van der Waals surface area (Å²) in [7, 11) is 0. The summed E-state index contributed by atoms with van der Waals surface area (Å²) in [5, 5.41) is 30.9. The Kier molecular flexibility index (Phi) is 15.8. The van der Waals surface area contributed by atoms with Crippen molar-refractivity contribution in [3.8, 4) is 6.07 Å². The maximum Gasteiger partial charge on any atom is 0.337 e. The van der Waals surface area contributed by atoms with Gasteiger partial charge in [-0.3, -0.25) is 9.59 Å². The van der Waals surface area contributed by atoms with Crippen LogP contribution in [0.4, 0.5) is 0 Å². The lowest BCUT2D eigenvalue weighted by atomic mass is 9.87. The Bertz CT molecular complexity index is 900. The molecular weight excluding hydrogens is 468 g/mol. The number of carboxylic acid groups (broad SMARTS) is 1. The molecule has 201 valence electrons. The monoisotopic (exact) mass is 509 g/mol. The molecule has 0 fully saturated rings. The summed E-state index contributed by atoms with van der Waals surface area (Å²) in [6, 6.07) is 8.85. The van der Waals surface area contributed by atoms with E-state index in [4.69, 9.17) is 12.2 Å². The fourth-order valence-corrected chi connectivity index (χ4v) is 3.86. The lowest BCUT2D eigenvalue weighted by Crippen LogP contribution is -2.49. The zero-order valence-corrected chi connectivity index (χ0v) is 22.0. The highest BCUT2D eigenvalue weighted by molar-refractivity contribution is 5.91. The lowest BCUT2D eigenvalue weighted by molar-refractivity contribution is -0.160. The van der Waals surface area contributed by atoms with Crippen LogP contribution in [0, 0.1) is 30.7 Å².